The van der Waals surface area contributed by atoms with Crippen LogP contribution < -0.4 is 0 Å². The van der Waals surface area contributed by atoms with Crippen molar-refractivity contribution in [2.24, 2.45) is 5.92 Å². The molecular weight excluding hydrogens is 176 g/mol. The van der Waals surface area contributed by atoms with Crippen LogP contribution in [0, 0.1) is 5.92 Å². The minimum Gasteiger partial charge on any atom is -0.272 e. The van der Waals surface area contributed by atoms with Crippen molar-refractivity contribution in [3.63, 3.8) is 0 Å². The molecule has 0 aliphatic heterocycles. The highest BCUT2D eigenvalue weighted by molar-refractivity contribution is 5.92. The van der Waals surface area contributed by atoms with Gasteiger partial charge in [-0.05, 0) is 18.9 Å². The summed E-state index contributed by atoms with van der Waals surface area (Å²) in [6, 6.07) is 7.79. The molecule has 1 aromatic carbocycles. The number of carbonyl (C=O) groups excluding carboxylic acids is 1. The molecule has 1 fully saturated rings. The van der Waals surface area contributed by atoms with Gasteiger partial charge in [0.2, 0.25) is 0 Å². The Balaban J connectivity index is 2.16. The van der Waals surface area contributed by atoms with E-state index in [2.05, 4.69) is 5.10 Å². The van der Waals surface area contributed by atoms with Crippen molar-refractivity contribution in [2.75, 3.05) is 0 Å². The van der Waals surface area contributed by atoms with Crippen LogP contribution in [-0.4, -0.2) is 15.7 Å². The summed E-state index contributed by atoms with van der Waals surface area (Å²) < 4.78 is 1.53. The summed E-state index contributed by atoms with van der Waals surface area (Å²) in [7, 11) is 0. The summed E-state index contributed by atoms with van der Waals surface area (Å²) in [6.45, 7) is 0. The molecule has 0 N–H and O–H groups in total. The van der Waals surface area contributed by atoms with Crippen molar-refractivity contribution < 1.29 is 4.79 Å². The summed E-state index contributed by atoms with van der Waals surface area (Å²) in [5, 5.41) is 5.15. The third-order valence-corrected chi connectivity index (χ3v) is 2.61. The van der Waals surface area contributed by atoms with Gasteiger partial charge in [0.15, 0.2) is 0 Å². The van der Waals surface area contributed by atoms with Gasteiger partial charge in [0, 0.05) is 11.3 Å². The highest BCUT2D eigenvalue weighted by Gasteiger charge is 2.31. The molecule has 1 saturated carbocycles. The van der Waals surface area contributed by atoms with Gasteiger partial charge < -0.3 is 0 Å². The average Bonchev–Trinajstić information content (AvgIpc) is 2.97. The summed E-state index contributed by atoms with van der Waals surface area (Å²) in [5.74, 6) is 0.365. The predicted octanol–water partition coefficient (Wildman–Crippen LogP) is 2.09. The van der Waals surface area contributed by atoms with Crippen molar-refractivity contribution in [1.29, 1.82) is 0 Å². The zero-order chi connectivity index (χ0) is 9.54. The lowest BCUT2D eigenvalue weighted by atomic mass is 10.2. The monoisotopic (exact) mass is 186 g/mol. The molecule has 1 aliphatic carbocycles. The number of para-hydroxylation sites is 1. The Bertz CT molecular complexity index is 497. The second-order valence-corrected chi connectivity index (χ2v) is 3.73. The Labute approximate surface area is 81.3 Å². The molecule has 3 rings (SSSR count). The second-order valence-electron chi connectivity index (χ2n) is 3.73. The van der Waals surface area contributed by atoms with Crippen LogP contribution in [-0.2, 0) is 0 Å². The molecule has 2 aromatic rings. The van der Waals surface area contributed by atoms with Crippen LogP contribution in [0.5, 0.6) is 0 Å². The first-order valence-corrected chi connectivity index (χ1v) is 4.83. The third kappa shape index (κ3) is 1.05. The molecule has 1 aliphatic rings. The van der Waals surface area contributed by atoms with E-state index in [0.29, 0.717) is 0 Å². The van der Waals surface area contributed by atoms with Crippen molar-refractivity contribution in [3.05, 3.63) is 30.5 Å². The zero-order valence-electron chi connectivity index (χ0n) is 7.68. The van der Waals surface area contributed by atoms with Crippen molar-refractivity contribution in [2.45, 2.75) is 12.8 Å². The number of nitrogens with zero attached hydrogens (tertiary/aromatic N) is 2. The van der Waals surface area contributed by atoms with Crippen molar-refractivity contribution in [1.82, 2.24) is 9.78 Å². The zero-order valence-corrected chi connectivity index (χ0v) is 7.68. The van der Waals surface area contributed by atoms with Gasteiger partial charge in [-0.25, -0.2) is 0 Å². The first-order valence-electron chi connectivity index (χ1n) is 4.83. The molecule has 70 valence electrons. The summed E-state index contributed by atoms with van der Waals surface area (Å²) in [5.41, 5.74) is 0.921. The molecule has 0 spiro atoms. The van der Waals surface area contributed by atoms with Gasteiger partial charge in [-0.15, -0.1) is 0 Å². The van der Waals surface area contributed by atoms with E-state index in [9.17, 15) is 4.79 Å². The van der Waals surface area contributed by atoms with Crippen LogP contribution >= 0.6 is 0 Å². The summed E-state index contributed by atoms with van der Waals surface area (Å²) >= 11 is 0. The van der Waals surface area contributed by atoms with Gasteiger partial charge in [0.1, 0.15) is 0 Å². The smallest absolute Gasteiger partial charge is 0.250 e. The quantitative estimate of drug-likeness (QED) is 0.683. The number of rotatable bonds is 1. The lowest BCUT2D eigenvalue weighted by molar-refractivity contribution is 0.0876. The van der Waals surface area contributed by atoms with E-state index in [4.69, 9.17) is 0 Å². The molecule has 0 saturated heterocycles. The van der Waals surface area contributed by atoms with E-state index < -0.39 is 0 Å². The number of fused-ring (bicyclic) bond motifs is 1. The van der Waals surface area contributed by atoms with E-state index in [1.54, 1.807) is 6.20 Å². The molecule has 3 heteroatoms. The molecule has 14 heavy (non-hydrogen) atoms. The fourth-order valence-corrected chi connectivity index (χ4v) is 1.65. The van der Waals surface area contributed by atoms with Crippen LogP contribution in [0.4, 0.5) is 0 Å². The van der Waals surface area contributed by atoms with Crippen LogP contribution in [0.2, 0.25) is 0 Å². The minimum atomic E-state index is 0.145. The largest absolute Gasteiger partial charge is 0.272 e. The molecule has 0 atom stereocenters. The third-order valence-electron chi connectivity index (χ3n) is 2.61. The van der Waals surface area contributed by atoms with E-state index in [-0.39, 0.29) is 11.8 Å². The molecule has 3 nitrogen and oxygen atoms in total. The summed E-state index contributed by atoms with van der Waals surface area (Å²) in [6.07, 6.45) is 3.79. The van der Waals surface area contributed by atoms with Gasteiger partial charge in [-0.2, -0.15) is 9.78 Å². The number of aromatic nitrogens is 2. The maximum Gasteiger partial charge on any atom is 0.250 e. The van der Waals surface area contributed by atoms with E-state index >= 15 is 0 Å². The Morgan fingerprint density at radius 2 is 2.14 bits per heavy atom. The van der Waals surface area contributed by atoms with Gasteiger partial charge in [-0.3, -0.25) is 4.79 Å². The molecule has 1 aromatic heterocycles. The first kappa shape index (κ1) is 7.74. The number of hydrogen-bond acceptors (Lipinski definition) is 2. The standard InChI is InChI=1S/C11H10N2O/c14-11(8-5-6-8)13-10-4-2-1-3-9(10)7-12-13/h1-4,7-8H,5-6H2. The second kappa shape index (κ2) is 2.67. The summed E-state index contributed by atoms with van der Waals surface area (Å²) in [4.78, 5) is 11.8. The van der Waals surface area contributed by atoms with Gasteiger partial charge in [0.05, 0.1) is 11.7 Å². The van der Waals surface area contributed by atoms with Crippen LogP contribution in [0.1, 0.15) is 17.6 Å². The SMILES string of the molecule is O=C(C1CC1)n1ncc2ccccc21. The Morgan fingerprint density at radius 1 is 1.36 bits per heavy atom. The fourth-order valence-electron chi connectivity index (χ4n) is 1.65. The fraction of sp³-hybridized carbons (Fsp3) is 0.273. The lowest BCUT2D eigenvalue weighted by Gasteiger charge is -1.99. The first-order chi connectivity index (χ1) is 6.86. The Morgan fingerprint density at radius 3 is 2.93 bits per heavy atom. The normalized spacial score (nSPS) is 16.0. The Hall–Kier alpha value is -1.64. The van der Waals surface area contributed by atoms with E-state index in [1.807, 2.05) is 24.3 Å². The number of hydrogen-bond donors (Lipinski definition) is 0. The topological polar surface area (TPSA) is 34.9 Å². The van der Waals surface area contributed by atoms with Crippen molar-refractivity contribution >= 4 is 16.8 Å². The van der Waals surface area contributed by atoms with E-state index in [0.717, 1.165) is 23.7 Å². The van der Waals surface area contributed by atoms with Gasteiger partial charge >= 0.3 is 0 Å². The molecular formula is C11H10N2O. The molecule has 0 bridgehead atoms. The van der Waals surface area contributed by atoms with Crippen LogP contribution in [0.15, 0.2) is 30.5 Å². The van der Waals surface area contributed by atoms with E-state index in [1.165, 1.54) is 4.68 Å². The molecule has 0 radical (unpaired) electrons. The maximum absolute atomic E-state index is 11.8. The van der Waals surface area contributed by atoms with Crippen LogP contribution in [0.3, 0.4) is 0 Å². The maximum atomic E-state index is 11.8. The van der Waals surface area contributed by atoms with Gasteiger partial charge in [0.25, 0.3) is 5.91 Å². The molecule has 0 unspecified atom stereocenters. The Kier molecular flexibility index (Phi) is 1.48. The number of carbonyl (C=O) groups is 1. The van der Waals surface area contributed by atoms with Crippen LogP contribution in [0.25, 0.3) is 10.9 Å². The molecule has 1 heterocycles. The van der Waals surface area contributed by atoms with Crippen molar-refractivity contribution in [3.8, 4) is 0 Å². The highest BCUT2D eigenvalue weighted by atomic mass is 16.2. The number of benzene rings is 1. The molecule has 0 amide bonds. The highest BCUT2D eigenvalue weighted by Crippen LogP contribution is 2.31. The predicted molar refractivity (Wildman–Crippen MR) is 53.1 cm³/mol. The van der Waals surface area contributed by atoms with Gasteiger partial charge in [-0.1, -0.05) is 18.2 Å². The lowest BCUT2D eigenvalue weighted by Crippen LogP contribution is -2.13. The average molecular weight is 186 g/mol. The minimum absolute atomic E-state index is 0.145.